The van der Waals surface area contributed by atoms with Gasteiger partial charge < -0.3 is 20.3 Å². The Morgan fingerprint density at radius 3 is 2.76 bits per heavy atom. The van der Waals surface area contributed by atoms with Crippen LogP contribution in [0.4, 0.5) is 17.5 Å². The summed E-state index contributed by atoms with van der Waals surface area (Å²) in [7, 11) is 5.71. The van der Waals surface area contributed by atoms with Crippen LogP contribution in [0.3, 0.4) is 0 Å². The first-order valence-electron chi connectivity index (χ1n) is 6.80. The van der Waals surface area contributed by atoms with Crippen molar-refractivity contribution in [3.05, 3.63) is 36.5 Å². The Morgan fingerprint density at radius 1 is 1.19 bits per heavy atom. The van der Waals surface area contributed by atoms with Crippen LogP contribution in [0, 0.1) is 0 Å². The van der Waals surface area contributed by atoms with Gasteiger partial charge in [-0.15, -0.1) is 0 Å². The zero-order valence-corrected chi connectivity index (χ0v) is 12.6. The van der Waals surface area contributed by atoms with Crippen molar-refractivity contribution < 1.29 is 4.74 Å². The maximum Gasteiger partial charge on any atom is 0.224 e. The van der Waals surface area contributed by atoms with Gasteiger partial charge in [-0.3, -0.25) is 0 Å². The number of ether oxygens (including phenoxy) is 1. The van der Waals surface area contributed by atoms with Crippen LogP contribution in [-0.4, -0.2) is 49.2 Å². The van der Waals surface area contributed by atoms with Crippen LogP contribution in [-0.2, 0) is 0 Å². The second-order valence-electron chi connectivity index (χ2n) is 4.82. The number of rotatable bonds is 7. The number of likely N-dealkylation sites (N-methyl/N-ethyl adjacent to an activating group) is 1. The fourth-order valence-electron chi connectivity index (χ4n) is 1.79. The standard InChI is InChI=1S/C15H21N5O/c1-20(2)11-10-17-15-16-9-8-14(19-15)18-12-6-4-5-7-13(12)21-3/h4-9H,10-11H2,1-3H3,(H2,16,17,18,19). The number of nitrogens with zero attached hydrogens (tertiary/aromatic N) is 3. The second-order valence-corrected chi connectivity index (χ2v) is 4.82. The zero-order chi connectivity index (χ0) is 15.1. The lowest BCUT2D eigenvalue weighted by molar-refractivity contribution is 0.417. The number of anilines is 3. The Bertz CT molecular complexity index is 573. The molecule has 0 aliphatic rings. The molecular weight excluding hydrogens is 266 g/mol. The number of para-hydroxylation sites is 2. The molecule has 6 heteroatoms. The Hall–Kier alpha value is -2.34. The molecule has 1 aromatic heterocycles. The van der Waals surface area contributed by atoms with Gasteiger partial charge in [0.25, 0.3) is 0 Å². The quantitative estimate of drug-likeness (QED) is 0.814. The van der Waals surface area contributed by atoms with E-state index in [2.05, 4.69) is 25.5 Å². The van der Waals surface area contributed by atoms with Crippen LogP contribution in [0.2, 0.25) is 0 Å². The molecule has 0 unspecified atom stereocenters. The molecule has 0 amide bonds. The highest BCUT2D eigenvalue weighted by Gasteiger charge is 2.04. The maximum atomic E-state index is 5.31. The molecule has 112 valence electrons. The number of hydrogen-bond donors (Lipinski definition) is 2. The third-order valence-corrected chi connectivity index (χ3v) is 2.87. The van der Waals surface area contributed by atoms with E-state index >= 15 is 0 Å². The summed E-state index contributed by atoms with van der Waals surface area (Å²) in [5.41, 5.74) is 0.873. The van der Waals surface area contributed by atoms with Gasteiger partial charge in [-0.2, -0.15) is 4.98 Å². The molecule has 0 radical (unpaired) electrons. The van der Waals surface area contributed by atoms with Crippen LogP contribution in [0.1, 0.15) is 0 Å². The van der Waals surface area contributed by atoms with Crippen molar-refractivity contribution in [1.29, 1.82) is 0 Å². The van der Waals surface area contributed by atoms with Crippen LogP contribution < -0.4 is 15.4 Å². The molecular formula is C15H21N5O. The van der Waals surface area contributed by atoms with Crippen LogP contribution in [0.25, 0.3) is 0 Å². The minimum absolute atomic E-state index is 0.608. The summed E-state index contributed by atoms with van der Waals surface area (Å²) < 4.78 is 5.31. The Balaban J connectivity index is 2.03. The van der Waals surface area contributed by atoms with E-state index in [0.29, 0.717) is 5.95 Å². The molecule has 0 aliphatic carbocycles. The predicted molar refractivity (Wildman–Crippen MR) is 85.4 cm³/mol. The summed E-state index contributed by atoms with van der Waals surface area (Å²) in [6, 6.07) is 9.55. The van der Waals surface area contributed by atoms with Gasteiger partial charge in [0.15, 0.2) is 0 Å². The smallest absolute Gasteiger partial charge is 0.224 e. The van der Waals surface area contributed by atoms with E-state index < -0.39 is 0 Å². The highest BCUT2D eigenvalue weighted by molar-refractivity contribution is 5.64. The molecule has 21 heavy (non-hydrogen) atoms. The van der Waals surface area contributed by atoms with Crippen molar-refractivity contribution in [3.8, 4) is 5.75 Å². The van der Waals surface area contributed by atoms with Crippen molar-refractivity contribution in [2.45, 2.75) is 0 Å². The molecule has 6 nitrogen and oxygen atoms in total. The molecule has 0 atom stereocenters. The first-order valence-corrected chi connectivity index (χ1v) is 6.80. The highest BCUT2D eigenvalue weighted by Crippen LogP contribution is 2.26. The first kappa shape index (κ1) is 15.1. The fraction of sp³-hybridized carbons (Fsp3) is 0.333. The second kappa shape index (κ2) is 7.44. The lowest BCUT2D eigenvalue weighted by Gasteiger charge is -2.12. The van der Waals surface area contributed by atoms with E-state index in [1.807, 2.05) is 44.4 Å². The molecule has 0 saturated carbocycles. The minimum Gasteiger partial charge on any atom is -0.495 e. The summed E-state index contributed by atoms with van der Waals surface area (Å²) >= 11 is 0. The Labute approximate surface area is 125 Å². The van der Waals surface area contributed by atoms with Gasteiger partial charge in [-0.25, -0.2) is 4.98 Å². The molecule has 1 aromatic carbocycles. The van der Waals surface area contributed by atoms with Crippen molar-refractivity contribution >= 4 is 17.5 Å². The predicted octanol–water partition coefficient (Wildman–Crippen LogP) is 2.20. The topological polar surface area (TPSA) is 62.3 Å². The van der Waals surface area contributed by atoms with E-state index in [4.69, 9.17) is 4.74 Å². The molecule has 2 aromatic rings. The number of aromatic nitrogens is 2. The minimum atomic E-state index is 0.608. The molecule has 0 bridgehead atoms. The zero-order valence-electron chi connectivity index (χ0n) is 12.6. The van der Waals surface area contributed by atoms with Gasteiger partial charge in [0.2, 0.25) is 5.95 Å². The molecule has 0 fully saturated rings. The summed E-state index contributed by atoms with van der Waals surface area (Å²) in [5.74, 6) is 2.11. The summed E-state index contributed by atoms with van der Waals surface area (Å²) in [5, 5.41) is 6.43. The van der Waals surface area contributed by atoms with E-state index in [9.17, 15) is 0 Å². The summed E-state index contributed by atoms with van der Waals surface area (Å²) in [4.78, 5) is 10.7. The lowest BCUT2D eigenvalue weighted by Crippen LogP contribution is -2.21. The number of nitrogens with one attached hydrogen (secondary N) is 2. The monoisotopic (exact) mass is 287 g/mol. The largest absolute Gasteiger partial charge is 0.495 e. The number of methoxy groups -OCH3 is 1. The Morgan fingerprint density at radius 2 is 2.00 bits per heavy atom. The third-order valence-electron chi connectivity index (χ3n) is 2.87. The molecule has 2 N–H and O–H groups in total. The molecule has 0 spiro atoms. The normalized spacial score (nSPS) is 10.5. The van der Waals surface area contributed by atoms with Crippen molar-refractivity contribution in [1.82, 2.24) is 14.9 Å². The maximum absolute atomic E-state index is 5.31. The van der Waals surface area contributed by atoms with E-state index in [1.54, 1.807) is 13.3 Å². The molecule has 0 aliphatic heterocycles. The fourth-order valence-corrected chi connectivity index (χ4v) is 1.79. The molecule has 0 saturated heterocycles. The average molecular weight is 287 g/mol. The third kappa shape index (κ3) is 4.61. The van der Waals surface area contributed by atoms with Crippen molar-refractivity contribution in [2.24, 2.45) is 0 Å². The SMILES string of the molecule is COc1ccccc1Nc1ccnc(NCCN(C)C)n1. The van der Waals surface area contributed by atoms with Crippen molar-refractivity contribution in [2.75, 3.05) is 44.9 Å². The first-order chi connectivity index (χ1) is 10.2. The van der Waals surface area contributed by atoms with Gasteiger partial charge in [0.05, 0.1) is 12.8 Å². The van der Waals surface area contributed by atoms with Gasteiger partial charge in [-0.1, -0.05) is 12.1 Å². The van der Waals surface area contributed by atoms with Gasteiger partial charge in [-0.05, 0) is 32.3 Å². The average Bonchev–Trinajstić information content (AvgIpc) is 2.48. The van der Waals surface area contributed by atoms with E-state index in [1.165, 1.54) is 0 Å². The Kier molecular flexibility index (Phi) is 5.34. The van der Waals surface area contributed by atoms with E-state index in [0.717, 1.165) is 30.3 Å². The molecule has 1 heterocycles. The summed E-state index contributed by atoms with van der Waals surface area (Å²) in [6.07, 6.45) is 1.72. The summed E-state index contributed by atoms with van der Waals surface area (Å²) in [6.45, 7) is 1.72. The van der Waals surface area contributed by atoms with Crippen molar-refractivity contribution in [3.63, 3.8) is 0 Å². The van der Waals surface area contributed by atoms with Gasteiger partial charge >= 0.3 is 0 Å². The van der Waals surface area contributed by atoms with Gasteiger partial charge in [0.1, 0.15) is 11.6 Å². The van der Waals surface area contributed by atoms with Crippen LogP contribution >= 0.6 is 0 Å². The molecule has 2 rings (SSSR count). The highest BCUT2D eigenvalue weighted by atomic mass is 16.5. The van der Waals surface area contributed by atoms with E-state index in [-0.39, 0.29) is 0 Å². The number of benzene rings is 1. The van der Waals surface area contributed by atoms with Gasteiger partial charge in [0, 0.05) is 19.3 Å². The van der Waals surface area contributed by atoms with Crippen LogP contribution in [0.15, 0.2) is 36.5 Å². The van der Waals surface area contributed by atoms with Crippen LogP contribution in [0.5, 0.6) is 5.75 Å². The number of hydrogen-bond acceptors (Lipinski definition) is 6. The lowest BCUT2D eigenvalue weighted by atomic mass is 10.3.